The van der Waals surface area contributed by atoms with Crippen molar-refractivity contribution in [3.63, 3.8) is 0 Å². The lowest BCUT2D eigenvalue weighted by Gasteiger charge is -2.37. The number of nitrogens with one attached hydrogen (secondary N) is 2. The highest BCUT2D eigenvalue weighted by Gasteiger charge is 2.39. The van der Waals surface area contributed by atoms with E-state index in [-0.39, 0.29) is 11.9 Å². The molecule has 22 heavy (non-hydrogen) atoms. The third kappa shape index (κ3) is 1.98. The van der Waals surface area contributed by atoms with Gasteiger partial charge in [-0.3, -0.25) is 4.79 Å². The Hall–Kier alpha value is -2.07. The molecule has 0 fully saturated rings. The lowest BCUT2D eigenvalue weighted by Crippen LogP contribution is -2.31. The Labute approximate surface area is 134 Å². The summed E-state index contributed by atoms with van der Waals surface area (Å²) in [5.41, 5.74) is 2.97. The first-order valence-corrected chi connectivity index (χ1v) is 8.49. The Morgan fingerprint density at radius 2 is 2.23 bits per heavy atom. The lowest BCUT2D eigenvalue weighted by molar-refractivity contribution is 0.0963. The van der Waals surface area contributed by atoms with Crippen LogP contribution in [0.5, 0.6) is 0 Å². The maximum absolute atomic E-state index is 12.2. The molecule has 1 aromatic heterocycles. The van der Waals surface area contributed by atoms with Gasteiger partial charge in [-0.25, -0.2) is 0 Å². The van der Waals surface area contributed by atoms with E-state index in [1.165, 1.54) is 10.4 Å². The van der Waals surface area contributed by atoms with E-state index in [2.05, 4.69) is 46.4 Å². The van der Waals surface area contributed by atoms with Crippen LogP contribution in [0.1, 0.15) is 39.2 Å². The van der Waals surface area contributed by atoms with Crippen LogP contribution in [0.2, 0.25) is 0 Å². The molecular formula is C18H18N2OS. The maximum Gasteiger partial charge on any atom is 0.253 e. The molecule has 3 atom stereocenters. The van der Waals surface area contributed by atoms with Crippen molar-refractivity contribution in [3.05, 3.63) is 63.9 Å². The summed E-state index contributed by atoms with van der Waals surface area (Å²) >= 11 is 1.78. The molecule has 0 saturated heterocycles. The first-order valence-electron chi connectivity index (χ1n) is 7.61. The van der Waals surface area contributed by atoms with Gasteiger partial charge in [0, 0.05) is 17.8 Å². The van der Waals surface area contributed by atoms with Crippen molar-refractivity contribution in [3.8, 4) is 0 Å². The SMILES string of the molecule is CNC(=O)c1cccc2c1NC(c1cccs1)C1CC=CC21. The fourth-order valence-corrected chi connectivity index (χ4v) is 4.55. The van der Waals surface area contributed by atoms with Crippen LogP contribution in [0.25, 0.3) is 0 Å². The molecule has 4 heteroatoms. The number of carbonyl (C=O) groups excluding carboxylic acids is 1. The van der Waals surface area contributed by atoms with Crippen LogP contribution in [-0.4, -0.2) is 13.0 Å². The highest BCUT2D eigenvalue weighted by atomic mass is 32.1. The highest BCUT2D eigenvalue weighted by Crippen LogP contribution is 2.51. The molecule has 2 N–H and O–H groups in total. The van der Waals surface area contributed by atoms with Gasteiger partial charge < -0.3 is 10.6 Å². The van der Waals surface area contributed by atoms with Gasteiger partial charge >= 0.3 is 0 Å². The van der Waals surface area contributed by atoms with E-state index in [1.807, 2.05) is 12.1 Å². The topological polar surface area (TPSA) is 41.1 Å². The fraction of sp³-hybridized carbons (Fsp3) is 0.278. The van der Waals surface area contributed by atoms with E-state index in [0.29, 0.717) is 11.8 Å². The van der Waals surface area contributed by atoms with Gasteiger partial charge in [0.05, 0.1) is 17.3 Å². The van der Waals surface area contributed by atoms with Crippen LogP contribution < -0.4 is 10.6 Å². The first kappa shape index (κ1) is 13.6. The molecule has 0 saturated carbocycles. The summed E-state index contributed by atoms with van der Waals surface area (Å²) in [7, 11) is 1.68. The predicted molar refractivity (Wildman–Crippen MR) is 90.5 cm³/mol. The molecule has 4 rings (SSSR count). The van der Waals surface area contributed by atoms with Gasteiger partial charge in [-0.15, -0.1) is 11.3 Å². The summed E-state index contributed by atoms with van der Waals surface area (Å²) in [5.74, 6) is 0.897. The Kier molecular flexibility index (Phi) is 3.26. The standard InChI is InChI=1S/C18H18N2OS/c1-19-18(21)14-8-3-6-12-11-5-2-7-13(11)17(20-16(12)14)15-9-4-10-22-15/h2-6,8-11,13,17,20H,7H2,1H3,(H,19,21). The van der Waals surface area contributed by atoms with Crippen LogP contribution in [0.4, 0.5) is 5.69 Å². The molecule has 0 spiro atoms. The Morgan fingerprint density at radius 3 is 3.00 bits per heavy atom. The Bertz CT molecular complexity index is 736. The first-order chi connectivity index (χ1) is 10.8. The van der Waals surface area contributed by atoms with Crippen LogP contribution >= 0.6 is 11.3 Å². The quantitative estimate of drug-likeness (QED) is 0.825. The second-order valence-electron chi connectivity index (χ2n) is 5.84. The second kappa shape index (κ2) is 5.29. The van der Waals surface area contributed by atoms with Gasteiger partial charge in [0.25, 0.3) is 5.91 Å². The van der Waals surface area contributed by atoms with Gasteiger partial charge in [0.1, 0.15) is 0 Å². The number of hydrogen-bond donors (Lipinski definition) is 2. The van der Waals surface area contributed by atoms with Crippen LogP contribution in [0, 0.1) is 5.92 Å². The zero-order chi connectivity index (χ0) is 15.1. The van der Waals surface area contributed by atoms with Gasteiger partial charge in [-0.05, 0) is 35.4 Å². The summed E-state index contributed by atoms with van der Waals surface area (Å²) in [4.78, 5) is 13.5. The molecule has 1 aliphatic heterocycles. The molecule has 0 bridgehead atoms. The van der Waals surface area contributed by atoms with Crippen molar-refractivity contribution in [1.29, 1.82) is 0 Å². The van der Waals surface area contributed by atoms with Crippen LogP contribution in [-0.2, 0) is 0 Å². The minimum absolute atomic E-state index is 0.0327. The monoisotopic (exact) mass is 310 g/mol. The average molecular weight is 310 g/mol. The molecule has 2 heterocycles. The van der Waals surface area contributed by atoms with E-state index in [0.717, 1.165) is 17.7 Å². The van der Waals surface area contributed by atoms with Gasteiger partial charge in [0.2, 0.25) is 0 Å². The lowest BCUT2D eigenvalue weighted by atomic mass is 9.78. The molecule has 2 aromatic rings. The van der Waals surface area contributed by atoms with E-state index in [9.17, 15) is 4.79 Å². The van der Waals surface area contributed by atoms with Gasteiger partial charge in [0.15, 0.2) is 0 Å². The summed E-state index contributed by atoms with van der Waals surface area (Å²) < 4.78 is 0. The van der Waals surface area contributed by atoms with Crippen molar-refractivity contribution in [2.45, 2.75) is 18.4 Å². The predicted octanol–water partition coefficient (Wildman–Crippen LogP) is 3.93. The average Bonchev–Trinajstić information content (AvgIpc) is 3.24. The maximum atomic E-state index is 12.2. The molecular weight excluding hydrogens is 292 g/mol. The zero-order valence-electron chi connectivity index (χ0n) is 12.4. The van der Waals surface area contributed by atoms with E-state index < -0.39 is 0 Å². The minimum Gasteiger partial charge on any atom is -0.376 e. The number of para-hydroxylation sites is 1. The fourth-order valence-electron chi connectivity index (χ4n) is 3.70. The highest BCUT2D eigenvalue weighted by molar-refractivity contribution is 7.10. The molecule has 3 unspecified atom stereocenters. The molecule has 3 nitrogen and oxygen atoms in total. The van der Waals surface area contributed by atoms with E-state index >= 15 is 0 Å². The van der Waals surface area contributed by atoms with Crippen molar-refractivity contribution >= 4 is 22.9 Å². The third-order valence-corrected chi connectivity index (χ3v) is 5.67. The van der Waals surface area contributed by atoms with E-state index in [4.69, 9.17) is 0 Å². The number of rotatable bonds is 2. The number of benzene rings is 1. The summed E-state index contributed by atoms with van der Waals surface area (Å²) in [5, 5.41) is 8.53. The number of anilines is 1. The summed E-state index contributed by atoms with van der Waals surface area (Å²) in [6, 6.07) is 10.6. The molecule has 1 aliphatic carbocycles. The van der Waals surface area contributed by atoms with Crippen molar-refractivity contribution in [2.24, 2.45) is 5.92 Å². The second-order valence-corrected chi connectivity index (χ2v) is 6.82. The number of amides is 1. The molecule has 0 radical (unpaired) electrons. The third-order valence-electron chi connectivity index (χ3n) is 4.72. The number of carbonyl (C=O) groups is 1. The molecule has 2 aliphatic rings. The van der Waals surface area contributed by atoms with E-state index in [1.54, 1.807) is 18.4 Å². The van der Waals surface area contributed by atoms with Crippen LogP contribution in [0.3, 0.4) is 0 Å². The summed E-state index contributed by atoms with van der Waals surface area (Å²) in [6.45, 7) is 0. The molecule has 1 aromatic carbocycles. The number of thiophene rings is 1. The normalized spacial score (nSPS) is 25.2. The Balaban J connectivity index is 1.84. The van der Waals surface area contributed by atoms with Crippen molar-refractivity contribution < 1.29 is 4.79 Å². The molecule has 1 amide bonds. The van der Waals surface area contributed by atoms with Gasteiger partial charge in [-0.1, -0.05) is 30.4 Å². The Morgan fingerprint density at radius 1 is 1.32 bits per heavy atom. The van der Waals surface area contributed by atoms with Crippen LogP contribution in [0.15, 0.2) is 47.9 Å². The number of hydrogen-bond acceptors (Lipinski definition) is 3. The molecule has 112 valence electrons. The summed E-state index contributed by atoms with van der Waals surface area (Å²) in [6.07, 6.45) is 5.67. The van der Waals surface area contributed by atoms with Gasteiger partial charge in [-0.2, -0.15) is 0 Å². The number of allylic oxidation sites excluding steroid dienone is 2. The minimum atomic E-state index is -0.0327. The zero-order valence-corrected chi connectivity index (χ0v) is 13.2. The van der Waals surface area contributed by atoms with Crippen molar-refractivity contribution in [2.75, 3.05) is 12.4 Å². The smallest absolute Gasteiger partial charge is 0.253 e. The number of fused-ring (bicyclic) bond motifs is 3. The largest absolute Gasteiger partial charge is 0.376 e. The van der Waals surface area contributed by atoms with Crippen molar-refractivity contribution in [1.82, 2.24) is 5.32 Å².